The Morgan fingerprint density at radius 1 is 0.757 bits per heavy atom. The number of nitrogens with one attached hydrogen (secondary N) is 3. The summed E-state index contributed by atoms with van der Waals surface area (Å²) in [6.45, 7) is 1.73. The summed E-state index contributed by atoms with van der Waals surface area (Å²) in [5.41, 5.74) is 4.04. The van der Waals surface area contributed by atoms with Gasteiger partial charge in [-0.3, -0.25) is 0 Å². The van der Waals surface area contributed by atoms with Crippen molar-refractivity contribution in [3.05, 3.63) is 108 Å². The lowest BCUT2D eigenvalue weighted by molar-refractivity contribution is -0.192. The van der Waals surface area contributed by atoms with Crippen molar-refractivity contribution in [2.75, 3.05) is 17.2 Å². The van der Waals surface area contributed by atoms with Gasteiger partial charge >= 0.3 is 18.2 Å². The van der Waals surface area contributed by atoms with Gasteiger partial charge in [-0.25, -0.2) is 9.59 Å². The molecule has 4 N–H and O–H groups in total. The van der Waals surface area contributed by atoms with Crippen LogP contribution in [0.4, 0.5) is 29.3 Å². The monoisotopic (exact) mass is 509 g/mol. The number of amides is 2. The Kier molecular flexibility index (Phi) is 9.62. The summed E-state index contributed by atoms with van der Waals surface area (Å²) in [6.07, 6.45) is -4.19. The number of hydrogen-bond acceptors (Lipinski definition) is 3. The molecule has 0 aromatic heterocycles. The lowest BCUT2D eigenvalue weighted by Gasteiger charge is -2.11. The zero-order chi connectivity index (χ0) is 26.7. The van der Waals surface area contributed by atoms with Gasteiger partial charge in [0.25, 0.3) is 0 Å². The number of urea groups is 1. The van der Waals surface area contributed by atoms with Gasteiger partial charge in [0.1, 0.15) is 0 Å². The summed E-state index contributed by atoms with van der Waals surface area (Å²) >= 11 is 0. The summed E-state index contributed by atoms with van der Waals surface area (Å²) in [7, 11) is 0. The van der Waals surface area contributed by atoms with Gasteiger partial charge in [0.2, 0.25) is 0 Å². The Hall–Kier alpha value is -4.37. The van der Waals surface area contributed by atoms with E-state index in [1.807, 2.05) is 66.7 Å². The van der Waals surface area contributed by atoms with Crippen molar-refractivity contribution in [3.63, 3.8) is 0 Å². The minimum Gasteiger partial charge on any atom is -0.475 e. The second-order valence-corrected chi connectivity index (χ2v) is 8.02. The van der Waals surface area contributed by atoms with Crippen molar-refractivity contribution in [1.29, 1.82) is 0 Å². The number of rotatable bonds is 7. The third-order valence-electron chi connectivity index (χ3n) is 5.23. The van der Waals surface area contributed by atoms with Crippen LogP contribution in [0, 0.1) is 0 Å². The molecule has 0 atom stereocenters. The number of halogens is 3. The highest BCUT2D eigenvalue weighted by atomic mass is 19.4. The molecule has 0 bridgehead atoms. The minimum atomic E-state index is -5.08. The molecule has 0 fully saturated rings. The topological polar surface area (TPSA) is 90.5 Å². The maximum Gasteiger partial charge on any atom is 0.490 e. The van der Waals surface area contributed by atoms with E-state index >= 15 is 0 Å². The van der Waals surface area contributed by atoms with Gasteiger partial charge in [-0.15, -0.1) is 0 Å². The van der Waals surface area contributed by atoms with Crippen LogP contribution in [-0.2, 0) is 17.8 Å². The van der Waals surface area contributed by atoms with Crippen LogP contribution in [0.3, 0.4) is 0 Å². The van der Waals surface area contributed by atoms with Crippen molar-refractivity contribution in [1.82, 2.24) is 5.32 Å². The van der Waals surface area contributed by atoms with E-state index in [0.29, 0.717) is 0 Å². The molecule has 2 amide bonds. The molecule has 4 aromatic carbocycles. The molecule has 0 radical (unpaired) electrons. The number of benzene rings is 4. The summed E-state index contributed by atoms with van der Waals surface area (Å²) < 4.78 is 31.7. The van der Waals surface area contributed by atoms with E-state index in [-0.39, 0.29) is 6.03 Å². The quantitative estimate of drug-likeness (QED) is 0.216. The second-order valence-electron chi connectivity index (χ2n) is 8.02. The molecule has 37 heavy (non-hydrogen) atoms. The normalized spacial score (nSPS) is 10.8. The molecule has 6 nitrogen and oxygen atoms in total. The number of carboxylic acids is 1. The number of hydrogen-bond donors (Lipinski definition) is 4. The molecule has 0 aliphatic rings. The van der Waals surface area contributed by atoms with E-state index in [1.165, 1.54) is 11.1 Å². The Bertz CT molecular complexity index is 1320. The van der Waals surface area contributed by atoms with E-state index in [4.69, 9.17) is 9.90 Å². The molecule has 192 valence electrons. The highest BCUT2D eigenvalue weighted by Crippen LogP contribution is 2.23. The average Bonchev–Trinajstić information content (AvgIpc) is 2.87. The molecule has 0 heterocycles. The van der Waals surface area contributed by atoms with Crippen LogP contribution >= 0.6 is 0 Å². The third kappa shape index (κ3) is 8.97. The van der Waals surface area contributed by atoms with Crippen LogP contribution in [0.15, 0.2) is 97.1 Å². The Balaban J connectivity index is 0.000000479. The standard InChI is InChI=1S/C26H25N3O.C2HF3O2/c30-26(29-25-15-7-12-22-11-4-5-14-24(22)25)28-23-13-6-10-20(18-23)16-17-27-19-21-8-2-1-3-9-21;3-2(4,5)1(6)7/h1-15,18,27H,16-17,19H2,(H2,28,29,30);(H,6,7). The van der Waals surface area contributed by atoms with Gasteiger partial charge in [0.05, 0.1) is 5.69 Å². The average molecular weight is 510 g/mol. The minimum absolute atomic E-state index is 0.245. The van der Waals surface area contributed by atoms with E-state index in [0.717, 1.165) is 41.7 Å². The Morgan fingerprint density at radius 2 is 1.38 bits per heavy atom. The Labute approximate surface area is 212 Å². The first-order chi connectivity index (χ1) is 17.7. The number of anilines is 2. The van der Waals surface area contributed by atoms with Crippen LogP contribution in [0.5, 0.6) is 0 Å². The van der Waals surface area contributed by atoms with E-state index in [9.17, 15) is 18.0 Å². The summed E-state index contributed by atoms with van der Waals surface area (Å²) in [4.78, 5) is 21.4. The summed E-state index contributed by atoms with van der Waals surface area (Å²) in [6, 6.07) is 32.0. The van der Waals surface area contributed by atoms with Crippen LogP contribution in [0.2, 0.25) is 0 Å². The molecular weight excluding hydrogens is 483 g/mol. The van der Waals surface area contributed by atoms with E-state index in [2.05, 4.69) is 46.3 Å². The molecule has 0 spiro atoms. The summed E-state index contributed by atoms with van der Waals surface area (Å²) in [5.74, 6) is -2.76. The molecule has 0 saturated heterocycles. The maximum atomic E-state index is 12.5. The van der Waals surface area contributed by atoms with Crippen molar-refractivity contribution in [2.45, 2.75) is 19.1 Å². The first kappa shape index (κ1) is 27.2. The lowest BCUT2D eigenvalue weighted by atomic mass is 10.1. The predicted molar refractivity (Wildman–Crippen MR) is 139 cm³/mol. The van der Waals surface area contributed by atoms with Gasteiger partial charge in [0.15, 0.2) is 0 Å². The highest BCUT2D eigenvalue weighted by Gasteiger charge is 2.38. The predicted octanol–water partition coefficient (Wildman–Crippen LogP) is 6.45. The van der Waals surface area contributed by atoms with E-state index in [1.54, 1.807) is 0 Å². The van der Waals surface area contributed by atoms with Crippen molar-refractivity contribution < 1.29 is 27.9 Å². The van der Waals surface area contributed by atoms with Crippen molar-refractivity contribution in [3.8, 4) is 0 Å². The van der Waals surface area contributed by atoms with Gasteiger partial charge in [-0.05, 0) is 47.7 Å². The van der Waals surface area contributed by atoms with Gasteiger partial charge < -0.3 is 21.1 Å². The highest BCUT2D eigenvalue weighted by molar-refractivity contribution is 6.06. The number of aliphatic carboxylic acids is 1. The maximum absolute atomic E-state index is 12.5. The van der Waals surface area contributed by atoms with Crippen LogP contribution < -0.4 is 16.0 Å². The first-order valence-electron chi connectivity index (χ1n) is 11.4. The zero-order valence-corrected chi connectivity index (χ0v) is 19.8. The molecule has 9 heteroatoms. The SMILES string of the molecule is O=C(Nc1cccc(CCNCc2ccccc2)c1)Nc1cccc2ccccc12.O=C(O)C(F)(F)F. The largest absolute Gasteiger partial charge is 0.490 e. The van der Waals surface area contributed by atoms with Gasteiger partial charge in [0, 0.05) is 17.6 Å². The Morgan fingerprint density at radius 3 is 2.11 bits per heavy atom. The molecular formula is C28H26F3N3O3. The van der Waals surface area contributed by atoms with Crippen molar-refractivity contribution >= 4 is 34.1 Å². The van der Waals surface area contributed by atoms with Crippen LogP contribution in [-0.4, -0.2) is 29.8 Å². The number of carbonyl (C=O) groups is 2. The number of carbonyl (C=O) groups excluding carboxylic acids is 1. The fraction of sp³-hybridized carbons (Fsp3) is 0.143. The molecule has 4 rings (SSSR count). The van der Waals surface area contributed by atoms with Crippen LogP contribution in [0.1, 0.15) is 11.1 Å². The third-order valence-corrected chi connectivity index (χ3v) is 5.23. The zero-order valence-electron chi connectivity index (χ0n) is 19.8. The molecule has 0 unspecified atom stereocenters. The van der Waals surface area contributed by atoms with Gasteiger partial charge in [-0.1, -0.05) is 78.9 Å². The molecule has 0 aliphatic heterocycles. The molecule has 0 aliphatic carbocycles. The smallest absolute Gasteiger partial charge is 0.475 e. The van der Waals surface area contributed by atoms with Gasteiger partial charge in [-0.2, -0.15) is 13.2 Å². The molecule has 4 aromatic rings. The van der Waals surface area contributed by atoms with E-state index < -0.39 is 12.1 Å². The fourth-order valence-corrected chi connectivity index (χ4v) is 3.48. The second kappa shape index (κ2) is 13.1. The lowest BCUT2D eigenvalue weighted by Crippen LogP contribution is -2.21. The fourth-order valence-electron chi connectivity index (χ4n) is 3.48. The van der Waals surface area contributed by atoms with Crippen LogP contribution in [0.25, 0.3) is 10.8 Å². The first-order valence-corrected chi connectivity index (χ1v) is 11.4. The van der Waals surface area contributed by atoms with Crippen molar-refractivity contribution in [2.24, 2.45) is 0 Å². The molecule has 0 saturated carbocycles. The number of carboxylic acid groups (broad SMARTS) is 1. The summed E-state index contributed by atoms with van der Waals surface area (Å²) in [5, 5.41) is 18.6. The number of fused-ring (bicyclic) bond motifs is 1. The number of alkyl halides is 3.